The van der Waals surface area contributed by atoms with Crippen molar-refractivity contribution in [2.24, 2.45) is 0 Å². The summed E-state index contributed by atoms with van der Waals surface area (Å²) < 4.78 is 13.4. The first-order valence-corrected chi connectivity index (χ1v) is 3.39. The molecule has 1 rings (SSSR count). The number of hydrogen-bond acceptors (Lipinski definition) is 4. The Bertz CT molecular complexity index is 222. The lowest BCUT2D eigenvalue weighted by Crippen LogP contribution is -1.88. The molecular weight excluding hydrogens is 148 g/mol. The molecule has 0 N–H and O–H groups in total. The Kier molecular flexibility index (Phi) is 5.20. The summed E-state index contributed by atoms with van der Waals surface area (Å²) in [4.78, 5) is 10.2. The van der Waals surface area contributed by atoms with Gasteiger partial charge in [0.2, 0.25) is 0 Å². The van der Waals surface area contributed by atoms with E-state index >= 15 is 0 Å². The normalized spacial score (nSPS) is 8.64. The van der Waals surface area contributed by atoms with E-state index in [1.54, 1.807) is 0 Å². The zero-order valence-electron chi connectivity index (χ0n) is 6.92. The van der Waals surface area contributed by atoms with E-state index in [4.69, 9.17) is 0 Å². The van der Waals surface area contributed by atoms with Crippen molar-refractivity contribution in [3.63, 3.8) is 0 Å². The molecule has 0 bridgehead atoms. The van der Waals surface area contributed by atoms with Crippen molar-refractivity contribution in [3.05, 3.63) is 22.6 Å². The van der Waals surface area contributed by atoms with E-state index in [0.717, 1.165) is 0 Å². The SMILES string of the molecule is CC.COCc1coc(=O)o1. The molecule has 1 heterocycles. The van der Waals surface area contributed by atoms with Gasteiger partial charge in [-0.3, -0.25) is 0 Å². The van der Waals surface area contributed by atoms with Crippen LogP contribution in [0.1, 0.15) is 19.6 Å². The Morgan fingerprint density at radius 1 is 1.55 bits per heavy atom. The van der Waals surface area contributed by atoms with Crippen LogP contribution in [0.4, 0.5) is 0 Å². The first-order chi connectivity index (χ1) is 5.33. The number of methoxy groups -OCH3 is 1. The third-order valence-corrected chi connectivity index (χ3v) is 0.788. The van der Waals surface area contributed by atoms with Crippen molar-refractivity contribution in [2.75, 3.05) is 7.11 Å². The van der Waals surface area contributed by atoms with Gasteiger partial charge >= 0.3 is 5.82 Å². The number of hydrogen-bond donors (Lipinski definition) is 0. The average Bonchev–Trinajstić information content (AvgIpc) is 2.41. The van der Waals surface area contributed by atoms with Gasteiger partial charge in [0.25, 0.3) is 0 Å². The smallest absolute Gasteiger partial charge is 0.399 e. The molecule has 0 aromatic carbocycles. The van der Waals surface area contributed by atoms with E-state index in [0.29, 0.717) is 5.76 Å². The Morgan fingerprint density at radius 2 is 2.18 bits per heavy atom. The minimum Gasteiger partial charge on any atom is -0.399 e. The van der Waals surface area contributed by atoms with Crippen molar-refractivity contribution in [1.82, 2.24) is 0 Å². The maximum Gasteiger partial charge on any atom is 0.518 e. The van der Waals surface area contributed by atoms with Crippen LogP contribution in [0.5, 0.6) is 0 Å². The molecular formula is C7H12O4. The molecule has 0 aliphatic heterocycles. The summed E-state index contributed by atoms with van der Waals surface area (Å²) in [6.07, 6.45) is 1.23. The van der Waals surface area contributed by atoms with Crippen LogP contribution in [0.3, 0.4) is 0 Å². The molecule has 0 saturated carbocycles. The summed E-state index contributed by atoms with van der Waals surface area (Å²) in [5, 5.41) is 0. The molecule has 0 amide bonds. The van der Waals surface area contributed by atoms with Gasteiger partial charge in [0, 0.05) is 7.11 Å². The highest BCUT2D eigenvalue weighted by Crippen LogP contribution is 1.94. The van der Waals surface area contributed by atoms with Crippen LogP contribution >= 0.6 is 0 Å². The predicted octanol–water partition coefficient (Wildman–Crippen LogP) is 1.41. The second-order valence-electron chi connectivity index (χ2n) is 1.49. The largest absolute Gasteiger partial charge is 0.518 e. The van der Waals surface area contributed by atoms with Crippen LogP contribution in [-0.4, -0.2) is 7.11 Å². The molecule has 0 fully saturated rings. The summed E-state index contributed by atoms with van der Waals surface area (Å²) in [5.41, 5.74) is 0. The molecule has 4 nitrogen and oxygen atoms in total. The van der Waals surface area contributed by atoms with Crippen molar-refractivity contribution >= 4 is 0 Å². The monoisotopic (exact) mass is 160 g/mol. The number of rotatable bonds is 2. The van der Waals surface area contributed by atoms with Gasteiger partial charge in [-0.1, -0.05) is 13.8 Å². The quantitative estimate of drug-likeness (QED) is 0.656. The van der Waals surface area contributed by atoms with Crippen LogP contribution in [-0.2, 0) is 11.3 Å². The van der Waals surface area contributed by atoms with Crippen molar-refractivity contribution in [1.29, 1.82) is 0 Å². The molecule has 0 aliphatic rings. The van der Waals surface area contributed by atoms with Crippen LogP contribution in [0, 0.1) is 0 Å². The molecule has 0 aliphatic carbocycles. The highest BCUT2D eigenvalue weighted by Gasteiger charge is 1.97. The second-order valence-corrected chi connectivity index (χ2v) is 1.49. The van der Waals surface area contributed by atoms with Crippen molar-refractivity contribution in [3.8, 4) is 0 Å². The summed E-state index contributed by atoms with van der Waals surface area (Å²) >= 11 is 0. The van der Waals surface area contributed by atoms with Crippen LogP contribution in [0.15, 0.2) is 19.9 Å². The Hall–Kier alpha value is -1.03. The highest BCUT2D eigenvalue weighted by molar-refractivity contribution is 4.80. The third kappa shape index (κ3) is 3.62. The summed E-state index contributed by atoms with van der Waals surface area (Å²) in [6, 6.07) is 0. The van der Waals surface area contributed by atoms with Crippen LogP contribution in [0.2, 0.25) is 0 Å². The van der Waals surface area contributed by atoms with Gasteiger partial charge in [0.05, 0.1) is 0 Å². The standard InChI is InChI=1S/C5H6O4.C2H6/c1-7-2-4-3-8-5(6)9-4;1-2/h3H,2H2,1H3;1-2H3. The summed E-state index contributed by atoms with van der Waals surface area (Å²) in [7, 11) is 1.51. The molecule has 0 saturated heterocycles. The molecule has 64 valence electrons. The highest BCUT2D eigenvalue weighted by atomic mass is 16.6. The topological polar surface area (TPSA) is 52.6 Å². The maximum absolute atomic E-state index is 10.2. The molecule has 11 heavy (non-hydrogen) atoms. The average molecular weight is 160 g/mol. The van der Waals surface area contributed by atoms with Gasteiger partial charge in [-0.25, -0.2) is 4.79 Å². The fourth-order valence-electron chi connectivity index (χ4n) is 0.475. The van der Waals surface area contributed by atoms with E-state index < -0.39 is 5.82 Å². The minimum absolute atomic E-state index is 0.270. The Labute approximate surface area is 64.8 Å². The minimum atomic E-state index is -0.693. The third-order valence-electron chi connectivity index (χ3n) is 0.788. The van der Waals surface area contributed by atoms with E-state index in [-0.39, 0.29) is 6.61 Å². The van der Waals surface area contributed by atoms with Crippen LogP contribution < -0.4 is 5.82 Å². The first-order valence-electron chi connectivity index (χ1n) is 3.39. The van der Waals surface area contributed by atoms with Crippen molar-refractivity contribution in [2.45, 2.75) is 20.5 Å². The predicted molar refractivity (Wildman–Crippen MR) is 39.3 cm³/mol. The van der Waals surface area contributed by atoms with E-state index in [2.05, 4.69) is 13.6 Å². The molecule has 0 unspecified atom stereocenters. The molecule has 0 spiro atoms. The van der Waals surface area contributed by atoms with Gasteiger partial charge in [-0.2, -0.15) is 0 Å². The van der Waals surface area contributed by atoms with Crippen molar-refractivity contribution < 1.29 is 13.6 Å². The van der Waals surface area contributed by atoms with E-state index in [9.17, 15) is 4.79 Å². The fraction of sp³-hybridized carbons (Fsp3) is 0.571. The molecule has 1 aromatic rings. The van der Waals surface area contributed by atoms with Gasteiger partial charge < -0.3 is 13.6 Å². The maximum atomic E-state index is 10.2. The van der Waals surface area contributed by atoms with Gasteiger partial charge in [-0.15, -0.1) is 0 Å². The van der Waals surface area contributed by atoms with Crippen LogP contribution in [0.25, 0.3) is 0 Å². The zero-order chi connectivity index (χ0) is 8.69. The van der Waals surface area contributed by atoms with Gasteiger partial charge in [0.1, 0.15) is 12.9 Å². The van der Waals surface area contributed by atoms with E-state index in [1.807, 2.05) is 13.8 Å². The lowest BCUT2D eigenvalue weighted by Gasteiger charge is -1.86. The molecule has 0 radical (unpaired) electrons. The first kappa shape index (κ1) is 9.97. The second kappa shape index (κ2) is 5.73. The van der Waals surface area contributed by atoms with Gasteiger partial charge in [-0.05, 0) is 0 Å². The molecule has 4 heteroatoms. The molecule has 1 aromatic heterocycles. The summed E-state index contributed by atoms with van der Waals surface area (Å²) in [5.74, 6) is -0.287. The molecule has 0 atom stereocenters. The van der Waals surface area contributed by atoms with E-state index in [1.165, 1.54) is 13.4 Å². The fourth-order valence-corrected chi connectivity index (χ4v) is 0.475. The summed E-state index contributed by atoms with van der Waals surface area (Å²) in [6.45, 7) is 4.27. The number of ether oxygens (including phenoxy) is 1. The lowest BCUT2D eigenvalue weighted by atomic mass is 10.6. The van der Waals surface area contributed by atoms with Gasteiger partial charge in [0.15, 0.2) is 5.76 Å². The Morgan fingerprint density at radius 3 is 2.55 bits per heavy atom. The Balaban J connectivity index is 0.000000461. The zero-order valence-corrected chi connectivity index (χ0v) is 6.92. The lowest BCUT2D eigenvalue weighted by molar-refractivity contribution is 0.162.